The van der Waals surface area contributed by atoms with Gasteiger partial charge in [0.2, 0.25) is 0 Å². The number of thiocarbonyl (C=S) groups is 1. The Morgan fingerprint density at radius 2 is 2.28 bits per heavy atom. The molecule has 1 aromatic rings. The molecule has 18 heavy (non-hydrogen) atoms. The van der Waals surface area contributed by atoms with Crippen molar-refractivity contribution in [3.63, 3.8) is 0 Å². The molecule has 0 unspecified atom stereocenters. The minimum absolute atomic E-state index is 0.456. The van der Waals surface area contributed by atoms with Gasteiger partial charge in [-0.3, -0.25) is 0 Å². The van der Waals surface area contributed by atoms with Crippen LogP contribution in [-0.2, 0) is 0 Å². The average molecular weight is 263 g/mol. The molecule has 1 aliphatic carbocycles. The second-order valence-electron chi connectivity index (χ2n) is 4.97. The van der Waals surface area contributed by atoms with Crippen molar-refractivity contribution in [2.45, 2.75) is 45.6 Å². The van der Waals surface area contributed by atoms with Crippen LogP contribution in [0.25, 0.3) is 0 Å². The van der Waals surface area contributed by atoms with Gasteiger partial charge < -0.3 is 10.6 Å². The normalized spacial score (nSPS) is 14.6. The quantitative estimate of drug-likeness (QED) is 0.801. The molecule has 2 rings (SSSR count). The van der Waals surface area contributed by atoms with Crippen LogP contribution in [0.2, 0.25) is 0 Å². The molecular formula is C14H21N3S. The van der Waals surface area contributed by atoms with Crippen LogP contribution in [0.15, 0.2) is 12.3 Å². The molecule has 3 nitrogen and oxygen atoms in total. The summed E-state index contributed by atoms with van der Waals surface area (Å²) in [5.74, 6) is 0.985. The number of unbranched alkanes of at least 4 members (excludes halogenated alkanes) is 1. The molecule has 1 heterocycles. The Balaban J connectivity index is 2.34. The predicted octanol–water partition coefficient (Wildman–Crippen LogP) is 2.79. The Labute approximate surface area is 114 Å². The van der Waals surface area contributed by atoms with Crippen LogP contribution in [0.4, 0.5) is 5.82 Å². The lowest BCUT2D eigenvalue weighted by Gasteiger charge is -2.26. The highest BCUT2D eigenvalue weighted by atomic mass is 32.1. The zero-order valence-corrected chi connectivity index (χ0v) is 12.0. The van der Waals surface area contributed by atoms with Gasteiger partial charge in [-0.2, -0.15) is 0 Å². The fraction of sp³-hybridized carbons (Fsp3) is 0.571. The van der Waals surface area contributed by atoms with Gasteiger partial charge in [0, 0.05) is 18.8 Å². The van der Waals surface area contributed by atoms with Gasteiger partial charge in [0.05, 0.1) is 5.56 Å². The van der Waals surface area contributed by atoms with Crippen molar-refractivity contribution in [1.82, 2.24) is 4.98 Å². The molecule has 1 aliphatic rings. The average Bonchev–Trinajstić information content (AvgIpc) is 3.13. The Bertz CT molecular complexity index is 441. The summed E-state index contributed by atoms with van der Waals surface area (Å²) < 4.78 is 0. The van der Waals surface area contributed by atoms with E-state index in [-0.39, 0.29) is 0 Å². The van der Waals surface area contributed by atoms with E-state index >= 15 is 0 Å². The van der Waals surface area contributed by atoms with Gasteiger partial charge in [-0.15, -0.1) is 0 Å². The van der Waals surface area contributed by atoms with E-state index in [0.29, 0.717) is 11.0 Å². The number of aromatic nitrogens is 1. The van der Waals surface area contributed by atoms with Crippen LogP contribution in [0.5, 0.6) is 0 Å². The lowest BCUT2D eigenvalue weighted by molar-refractivity contribution is 0.704. The minimum atomic E-state index is 0.456. The van der Waals surface area contributed by atoms with E-state index in [0.717, 1.165) is 23.5 Å². The van der Waals surface area contributed by atoms with E-state index in [2.05, 4.69) is 16.8 Å². The second-order valence-corrected chi connectivity index (χ2v) is 5.41. The summed E-state index contributed by atoms with van der Waals surface area (Å²) in [5.41, 5.74) is 7.94. The molecule has 1 saturated carbocycles. The van der Waals surface area contributed by atoms with Crippen LogP contribution in [0.3, 0.4) is 0 Å². The van der Waals surface area contributed by atoms with Crippen LogP contribution in [0, 0.1) is 6.92 Å². The smallest absolute Gasteiger partial charge is 0.139 e. The second kappa shape index (κ2) is 5.65. The van der Waals surface area contributed by atoms with Gasteiger partial charge in [-0.1, -0.05) is 25.6 Å². The maximum atomic E-state index is 5.87. The molecule has 1 aromatic heterocycles. The van der Waals surface area contributed by atoms with Crippen LogP contribution >= 0.6 is 12.2 Å². The number of hydrogen-bond acceptors (Lipinski definition) is 3. The van der Waals surface area contributed by atoms with Crippen LogP contribution < -0.4 is 10.6 Å². The van der Waals surface area contributed by atoms with E-state index in [9.17, 15) is 0 Å². The molecule has 1 fully saturated rings. The van der Waals surface area contributed by atoms with E-state index < -0.39 is 0 Å². The zero-order valence-electron chi connectivity index (χ0n) is 11.1. The van der Waals surface area contributed by atoms with E-state index in [1.165, 1.54) is 25.7 Å². The highest BCUT2D eigenvalue weighted by Gasteiger charge is 2.31. The summed E-state index contributed by atoms with van der Waals surface area (Å²) in [6.45, 7) is 5.31. The van der Waals surface area contributed by atoms with Crippen molar-refractivity contribution >= 4 is 23.0 Å². The first-order valence-corrected chi connectivity index (χ1v) is 7.08. The van der Waals surface area contributed by atoms with Gasteiger partial charge in [0.15, 0.2) is 0 Å². The maximum Gasteiger partial charge on any atom is 0.139 e. The van der Waals surface area contributed by atoms with Crippen LogP contribution in [0.1, 0.15) is 43.7 Å². The molecule has 98 valence electrons. The standard InChI is InChI=1S/C14H21N3S/c1-3-4-9-17(11-5-6-11)14-12(13(15)18)10(2)7-8-16-14/h7-8,11H,3-6,9H2,1-2H3,(H2,15,18). The van der Waals surface area contributed by atoms with Gasteiger partial charge >= 0.3 is 0 Å². The maximum absolute atomic E-state index is 5.87. The molecule has 0 aromatic carbocycles. The molecule has 0 amide bonds. The SMILES string of the molecule is CCCCN(c1nccc(C)c1C(N)=S)C1CC1. The largest absolute Gasteiger partial charge is 0.389 e. The molecule has 0 saturated heterocycles. The monoisotopic (exact) mass is 263 g/mol. The number of anilines is 1. The topological polar surface area (TPSA) is 42.2 Å². The third kappa shape index (κ3) is 2.80. The summed E-state index contributed by atoms with van der Waals surface area (Å²) >= 11 is 5.19. The summed E-state index contributed by atoms with van der Waals surface area (Å²) in [6, 6.07) is 2.61. The predicted molar refractivity (Wildman–Crippen MR) is 80.1 cm³/mol. The van der Waals surface area contributed by atoms with Crippen molar-refractivity contribution in [1.29, 1.82) is 0 Å². The lowest BCUT2D eigenvalue weighted by Crippen LogP contribution is -2.30. The zero-order chi connectivity index (χ0) is 13.1. The first-order valence-electron chi connectivity index (χ1n) is 6.67. The Morgan fingerprint density at radius 1 is 1.56 bits per heavy atom. The Hall–Kier alpha value is -1.16. The molecule has 0 spiro atoms. The third-order valence-corrected chi connectivity index (χ3v) is 3.60. The summed E-state index contributed by atoms with van der Waals surface area (Å²) in [5, 5.41) is 0. The number of nitrogens with two attached hydrogens (primary N) is 1. The fourth-order valence-electron chi connectivity index (χ4n) is 2.24. The van der Waals surface area contributed by atoms with Gasteiger partial charge in [0.25, 0.3) is 0 Å². The molecule has 2 N–H and O–H groups in total. The highest BCUT2D eigenvalue weighted by molar-refractivity contribution is 7.80. The summed E-state index contributed by atoms with van der Waals surface area (Å²) in [4.78, 5) is 7.38. The van der Waals surface area contributed by atoms with Crippen molar-refractivity contribution < 1.29 is 0 Å². The molecule has 0 aliphatic heterocycles. The van der Waals surface area contributed by atoms with Gasteiger partial charge in [-0.25, -0.2) is 4.98 Å². The number of hydrogen-bond donors (Lipinski definition) is 1. The highest BCUT2D eigenvalue weighted by Crippen LogP contribution is 2.33. The lowest BCUT2D eigenvalue weighted by atomic mass is 10.1. The molecule has 4 heteroatoms. The van der Waals surface area contributed by atoms with Gasteiger partial charge in [0.1, 0.15) is 10.8 Å². The Morgan fingerprint density at radius 3 is 2.83 bits per heavy atom. The number of nitrogens with zero attached hydrogens (tertiary/aromatic N) is 2. The first-order chi connectivity index (χ1) is 8.65. The Kier molecular flexibility index (Phi) is 4.17. The van der Waals surface area contributed by atoms with E-state index in [1.54, 1.807) is 0 Å². The van der Waals surface area contributed by atoms with E-state index in [1.807, 2.05) is 19.2 Å². The van der Waals surface area contributed by atoms with Gasteiger partial charge in [-0.05, 0) is 37.8 Å². The fourth-order valence-corrected chi connectivity index (χ4v) is 2.49. The minimum Gasteiger partial charge on any atom is -0.389 e. The third-order valence-electron chi connectivity index (χ3n) is 3.40. The first kappa shape index (κ1) is 13.3. The number of aryl methyl sites for hydroxylation is 1. The van der Waals surface area contributed by atoms with Crippen molar-refractivity contribution in [2.24, 2.45) is 5.73 Å². The molecule has 0 bridgehead atoms. The molecule has 0 atom stereocenters. The van der Waals surface area contributed by atoms with Crippen molar-refractivity contribution in [2.75, 3.05) is 11.4 Å². The van der Waals surface area contributed by atoms with Crippen molar-refractivity contribution in [3.05, 3.63) is 23.4 Å². The molecular weight excluding hydrogens is 242 g/mol. The van der Waals surface area contributed by atoms with Crippen molar-refractivity contribution in [3.8, 4) is 0 Å². The van der Waals surface area contributed by atoms with Crippen LogP contribution in [-0.4, -0.2) is 22.6 Å². The summed E-state index contributed by atoms with van der Waals surface area (Å²) in [6.07, 6.45) is 6.75. The number of pyridine rings is 1. The molecule has 0 radical (unpaired) electrons. The number of rotatable bonds is 6. The van der Waals surface area contributed by atoms with E-state index in [4.69, 9.17) is 18.0 Å². The summed E-state index contributed by atoms with van der Waals surface area (Å²) in [7, 11) is 0.